The third-order valence-electron chi connectivity index (χ3n) is 5.69. The molecular formula is C20H22ClFN4O5. The van der Waals surface area contributed by atoms with Crippen LogP contribution in [0, 0.1) is 5.82 Å². The van der Waals surface area contributed by atoms with Crippen molar-refractivity contribution in [2.24, 2.45) is 0 Å². The number of morpholine rings is 1. The van der Waals surface area contributed by atoms with E-state index in [9.17, 15) is 18.8 Å². The van der Waals surface area contributed by atoms with E-state index in [1.54, 1.807) is 9.80 Å². The van der Waals surface area contributed by atoms with Gasteiger partial charge in [0, 0.05) is 45.5 Å². The van der Waals surface area contributed by atoms with E-state index in [2.05, 4.69) is 4.98 Å². The first-order valence-corrected chi connectivity index (χ1v) is 10.3. The van der Waals surface area contributed by atoms with Gasteiger partial charge in [-0.25, -0.2) is 9.18 Å². The zero-order valence-corrected chi connectivity index (χ0v) is 17.5. The highest BCUT2D eigenvalue weighted by Crippen LogP contribution is 2.35. The molecule has 2 saturated heterocycles. The van der Waals surface area contributed by atoms with E-state index < -0.39 is 22.8 Å². The van der Waals surface area contributed by atoms with Gasteiger partial charge in [0.2, 0.25) is 11.3 Å². The number of carboxylic acids is 1. The second-order valence-corrected chi connectivity index (χ2v) is 7.91. The molecule has 0 radical (unpaired) electrons. The Morgan fingerprint density at radius 1 is 1.16 bits per heavy atom. The molecule has 9 nitrogen and oxygen atoms in total. The minimum absolute atomic E-state index is 0.0295. The molecule has 1 aromatic heterocycles. The van der Waals surface area contributed by atoms with Crippen LogP contribution in [0.3, 0.4) is 0 Å². The van der Waals surface area contributed by atoms with Crippen LogP contribution in [0.1, 0.15) is 10.4 Å². The highest BCUT2D eigenvalue weighted by atomic mass is 35.5. The van der Waals surface area contributed by atoms with Gasteiger partial charge in [0.1, 0.15) is 11.4 Å². The van der Waals surface area contributed by atoms with Gasteiger partial charge in [0.15, 0.2) is 0 Å². The molecule has 2 fully saturated rings. The number of nitrogens with zero attached hydrogens (tertiary/aromatic N) is 3. The number of fused-ring (bicyclic) bond motifs is 1. The molecule has 166 valence electrons. The highest BCUT2D eigenvalue weighted by Gasteiger charge is 2.27. The number of carboxylic acid groups (broad SMARTS) is 1. The molecule has 0 aliphatic carbocycles. The topological polar surface area (TPSA) is 106 Å². The molecule has 1 amide bonds. The van der Waals surface area contributed by atoms with Gasteiger partial charge in [-0.05, 0) is 6.07 Å². The van der Waals surface area contributed by atoms with Crippen LogP contribution >= 0.6 is 11.6 Å². The molecular weight excluding hydrogens is 431 g/mol. The summed E-state index contributed by atoms with van der Waals surface area (Å²) < 4.78 is 20.2. The van der Waals surface area contributed by atoms with E-state index in [1.165, 1.54) is 0 Å². The van der Waals surface area contributed by atoms with Gasteiger partial charge in [-0.3, -0.25) is 14.5 Å². The fourth-order valence-corrected chi connectivity index (χ4v) is 4.33. The normalized spacial score (nSPS) is 17.9. The molecule has 31 heavy (non-hydrogen) atoms. The Morgan fingerprint density at radius 2 is 1.84 bits per heavy atom. The Kier molecular flexibility index (Phi) is 6.12. The van der Waals surface area contributed by atoms with Crippen LogP contribution in [0.4, 0.5) is 10.1 Å². The fraction of sp³-hybridized carbons (Fsp3) is 0.450. The van der Waals surface area contributed by atoms with E-state index in [0.717, 1.165) is 12.3 Å². The lowest BCUT2D eigenvalue weighted by molar-refractivity contribution is -0.136. The molecule has 3 heterocycles. The van der Waals surface area contributed by atoms with Crippen LogP contribution < -0.4 is 10.3 Å². The number of amides is 1. The minimum atomic E-state index is -1.40. The number of piperazine rings is 1. The largest absolute Gasteiger partial charge is 0.477 e. The minimum Gasteiger partial charge on any atom is -0.477 e. The average Bonchev–Trinajstić information content (AvgIpc) is 2.76. The predicted octanol–water partition coefficient (Wildman–Crippen LogP) is 1.000. The zero-order valence-electron chi connectivity index (χ0n) is 16.7. The molecule has 2 aliphatic heterocycles. The standard InChI is InChI=1S/C20H22ClFN4O5/c21-16-17-12(19(28)13(10-23-17)20(29)30)9-14(22)18(16)26-3-1-24(2-4-26)11-15(27)25-5-7-31-8-6-25/h9-10H,1-8,11H2,(H,23,28)(H,29,30). The SMILES string of the molecule is O=C(O)c1c[nH]c2c(Cl)c(N3CCN(CC(=O)N4CCOCC4)CC3)c(F)cc2c1=O. The van der Waals surface area contributed by atoms with E-state index in [4.69, 9.17) is 21.4 Å². The van der Waals surface area contributed by atoms with Gasteiger partial charge in [-0.15, -0.1) is 0 Å². The Bertz CT molecular complexity index is 1080. The molecule has 0 saturated carbocycles. The number of hydrogen-bond donors (Lipinski definition) is 2. The van der Waals surface area contributed by atoms with Crippen LogP contribution in [0.2, 0.25) is 5.02 Å². The van der Waals surface area contributed by atoms with Gasteiger partial charge in [0.05, 0.1) is 41.4 Å². The van der Waals surface area contributed by atoms with Crippen LogP contribution in [0.5, 0.6) is 0 Å². The lowest BCUT2D eigenvalue weighted by atomic mass is 10.1. The maximum absolute atomic E-state index is 14.9. The number of halogens is 2. The molecule has 0 atom stereocenters. The molecule has 1 aromatic carbocycles. The number of aromatic amines is 1. The molecule has 2 aromatic rings. The van der Waals surface area contributed by atoms with Crippen LogP contribution in [0.15, 0.2) is 17.1 Å². The third kappa shape index (κ3) is 4.23. The van der Waals surface area contributed by atoms with Crippen molar-refractivity contribution in [2.45, 2.75) is 0 Å². The number of ether oxygens (including phenoxy) is 1. The fourth-order valence-electron chi connectivity index (χ4n) is 3.97. The molecule has 11 heteroatoms. The zero-order chi connectivity index (χ0) is 22.1. The summed E-state index contributed by atoms with van der Waals surface area (Å²) >= 11 is 6.42. The molecule has 2 aliphatic rings. The number of pyridine rings is 1. The van der Waals surface area contributed by atoms with E-state index >= 15 is 0 Å². The Morgan fingerprint density at radius 3 is 2.48 bits per heavy atom. The van der Waals surface area contributed by atoms with Crippen molar-refractivity contribution in [1.82, 2.24) is 14.8 Å². The number of rotatable bonds is 4. The van der Waals surface area contributed by atoms with Crippen LogP contribution in [-0.4, -0.2) is 90.8 Å². The summed E-state index contributed by atoms with van der Waals surface area (Å²) in [5.41, 5.74) is -0.917. The van der Waals surface area contributed by atoms with E-state index in [1.807, 2.05) is 4.90 Å². The summed E-state index contributed by atoms with van der Waals surface area (Å²) in [6.07, 6.45) is 1.07. The summed E-state index contributed by atoms with van der Waals surface area (Å²) in [6, 6.07) is 1.02. The number of benzene rings is 1. The lowest BCUT2D eigenvalue weighted by Gasteiger charge is -2.37. The predicted molar refractivity (Wildman–Crippen MR) is 113 cm³/mol. The highest BCUT2D eigenvalue weighted by molar-refractivity contribution is 6.37. The molecule has 0 unspecified atom stereocenters. The van der Waals surface area contributed by atoms with Crippen LogP contribution in [0.25, 0.3) is 10.9 Å². The van der Waals surface area contributed by atoms with E-state index in [-0.39, 0.29) is 27.5 Å². The number of aromatic carboxylic acids is 1. The summed E-state index contributed by atoms with van der Waals surface area (Å²) in [5, 5.41) is 9.02. The molecule has 0 spiro atoms. The van der Waals surface area contributed by atoms with Crippen molar-refractivity contribution in [1.29, 1.82) is 0 Å². The Labute approximate surface area is 181 Å². The van der Waals surface area contributed by atoms with E-state index in [0.29, 0.717) is 59.0 Å². The third-order valence-corrected chi connectivity index (χ3v) is 6.05. The quantitative estimate of drug-likeness (QED) is 0.712. The van der Waals surface area contributed by atoms with Crippen molar-refractivity contribution in [2.75, 3.05) is 63.9 Å². The number of carbonyl (C=O) groups excluding carboxylic acids is 1. The van der Waals surface area contributed by atoms with Gasteiger partial charge < -0.3 is 24.6 Å². The first-order valence-electron chi connectivity index (χ1n) is 9.96. The molecule has 2 N–H and O–H groups in total. The summed E-state index contributed by atoms with van der Waals surface area (Å²) in [6.45, 7) is 4.61. The van der Waals surface area contributed by atoms with Crippen molar-refractivity contribution in [3.63, 3.8) is 0 Å². The summed E-state index contributed by atoms with van der Waals surface area (Å²) in [4.78, 5) is 44.2. The Balaban J connectivity index is 1.50. The number of carbonyl (C=O) groups is 2. The Hall–Kier alpha value is -2.69. The number of H-pyrrole nitrogens is 1. The number of nitrogens with one attached hydrogen (secondary N) is 1. The smallest absolute Gasteiger partial charge is 0.341 e. The van der Waals surface area contributed by atoms with Crippen molar-refractivity contribution in [3.8, 4) is 0 Å². The summed E-state index contributed by atoms with van der Waals surface area (Å²) in [5.74, 6) is -2.03. The summed E-state index contributed by atoms with van der Waals surface area (Å²) in [7, 11) is 0. The van der Waals surface area contributed by atoms with Crippen molar-refractivity contribution in [3.05, 3.63) is 38.9 Å². The second-order valence-electron chi connectivity index (χ2n) is 7.54. The van der Waals surface area contributed by atoms with Crippen LogP contribution in [-0.2, 0) is 9.53 Å². The first kappa shape index (κ1) is 21.5. The number of aromatic nitrogens is 1. The van der Waals surface area contributed by atoms with Crippen molar-refractivity contribution < 1.29 is 23.8 Å². The van der Waals surface area contributed by atoms with Gasteiger partial charge in [-0.1, -0.05) is 11.6 Å². The number of anilines is 1. The van der Waals surface area contributed by atoms with Gasteiger partial charge in [0.25, 0.3) is 0 Å². The lowest BCUT2D eigenvalue weighted by Crippen LogP contribution is -2.51. The monoisotopic (exact) mass is 452 g/mol. The van der Waals surface area contributed by atoms with Crippen molar-refractivity contribution >= 4 is 40.1 Å². The van der Waals surface area contributed by atoms with Gasteiger partial charge >= 0.3 is 5.97 Å². The first-order chi connectivity index (χ1) is 14.9. The second kappa shape index (κ2) is 8.81. The van der Waals surface area contributed by atoms with Gasteiger partial charge in [-0.2, -0.15) is 0 Å². The number of hydrogen-bond acceptors (Lipinski definition) is 6. The maximum Gasteiger partial charge on any atom is 0.341 e. The average molecular weight is 453 g/mol. The molecule has 0 bridgehead atoms. The molecule has 4 rings (SSSR count). The maximum atomic E-state index is 14.9.